The summed E-state index contributed by atoms with van der Waals surface area (Å²) in [4.78, 5) is 12.0. The quantitative estimate of drug-likeness (QED) is 0.407. The van der Waals surface area contributed by atoms with Crippen molar-refractivity contribution in [3.63, 3.8) is 0 Å². The Bertz CT molecular complexity index is 881. The summed E-state index contributed by atoms with van der Waals surface area (Å²) in [6, 6.07) is 10.4. The minimum atomic E-state index is -0.479. The van der Waals surface area contributed by atoms with E-state index in [0.29, 0.717) is 16.3 Å². The third-order valence-electron chi connectivity index (χ3n) is 3.61. The van der Waals surface area contributed by atoms with Gasteiger partial charge in [-0.3, -0.25) is 0 Å². The number of carbonyl (C=O) groups is 1. The van der Waals surface area contributed by atoms with E-state index in [9.17, 15) is 15.0 Å². The SMILES string of the molecule is COC(=O)c1cc2ccc(C)cc2c2cc(O)c(O)cc12. The molecule has 3 rings (SSSR count). The molecule has 3 aromatic carbocycles. The maximum Gasteiger partial charge on any atom is 0.338 e. The molecule has 106 valence electrons. The van der Waals surface area contributed by atoms with Gasteiger partial charge in [-0.05, 0) is 41.3 Å². The Labute approximate surface area is 121 Å². The molecule has 0 amide bonds. The molecule has 21 heavy (non-hydrogen) atoms. The fraction of sp³-hybridized carbons (Fsp3) is 0.118. The van der Waals surface area contributed by atoms with Crippen LogP contribution in [0.15, 0.2) is 36.4 Å². The van der Waals surface area contributed by atoms with Gasteiger partial charge in [0.15, 0.2) is 11.5 Å². The minimum absolute atomic E-state index is 0.215. The minimum Gasteiger partial charge on any atom is -0.504 e. The van der Waals surface area contributed by atoms with Crippen LogP contribution in [0.5, 0.6) is 11.5 Å². The van der Waals surface area contributed by atoms with Crippen LogP contribution in [0, 0.1) is 6.92 Å². The molecule has 0 spiro atoms. The average Bonchev–Trinajstić information content (AvgIpc) is 2.47. The van der Waals surface area contributed by atoms with Crippen molar-refractivity contribution in [1.82, 2.24) is 0 Å². The average molecular weight is 282 g/mol. The second-order valence-corrected chi connectivity index (χ2v) is 5.03. The van der Waals surface area contributed by atoms with Crippen LogP contribution >= 0.6 is 0 Å². The van der Waals surface area contributed by atoms with Crippen LogP contribution in [0.25, 0.3) is 21.5 Å². The highest BCUT2D eigenvalue weighted by Crippen LogP contribution is 2.37. The normalized spacial score (nSPS) is 11.0. The van der Waals surface area contributed by atoms with Crippen LogP contribution in [0.1, 0.15) is 15.9 Å². The number of fused-ring (bicyclic) bond motifs is 3. The van der Waals surface area contributed by atoms with Crippen molar-refractivity contribution in [3.05, 3.63) is 47.5 Å². The molecule has 4 nitrogen and oxygen atoms in total. The topological polar surface area (TPSA) is 66.8 Å². The van der Waals surface area contributed by atoms with E-state index in [1.54, 1.807) is 6.07 Å². The van der Waals surface area contributed by atoms with Gasteiger partial charge in [0.25, 0.3) is 0 Å². The summed E-state index contributed by atoms with van der Waals surface area (Å²) in [5.74, 6) is -0.959. The summed E-state index contributed by atoms with van der Waals surface area (Å²) in [7, 11) is 1.31. The number of phenolic OH excluding ortho intramolecular Hbond substituents is 2. The van der Waals surface area contributed by atoms with Crippen LogP contribution in [0.4, 0.5) is 0 Å². The molecule has 0 aliphatic rings. The molecule has 0 atom stereocenters. The van der Waals surface area contributed by atoms with E-state index in [0.717, 1.165) is 16.3 Å². The van der Waals surface area contributed by atoms with Gasteiger partial charge >= 0.3 is 5.97 Å². The van der Waals surface area contributed by atoms with E-state index in [4.69, 9.17) is 4.74 Å². The molecule has 0 bridgehead atoms. The first-order valence-corrected chi connectivity index (χ1v) is 6.48. The molecule has 0 unspecified atom stereocenters. The van der Waals surface area contributed by atoms with Crippen molar-refractivity contribution >= 4 is 27.5 Å². The highest BCUT2D eigenvalue weighted by molar-refractivity contribution is 6.16. The first-order chi connectivity index (χ1) is 10.0. The summed E-state index contributed by atoms with van der Waals surface area (Å²) in [5, 5.41) is 22.5. The van der Waals surface area contributed by atoms with Crippen molar-refractivity contribution in [2.45, 2.75) is 6.92 Å². The van der Waals surface area contributed by atoms with Crippen molar-refractivity contribution < 1.29 is 19.7 Å². The van der Waals surface area contributed by atoms with E-state index in [-0.39, 0.29) is 11.5 Å². The molecule has 0 radical (unpaired) electrons. The van der Waals surface area contributed by atoms with E-state index >= 15 is 0 Å². The molecule has 0 saturated carbocycles. The Morgan fingerprint density at radius 1 is 0.952 bits per heavy atom. The van der Waals surface area contributed by atoms with E-state index < -0.39 is 5.97 Å². The van der Waals surface area contributed by atoms with Gasteiger partial charge in [0, 0.05) is 5.39 Å². The molecule has 0 fully saturated rings. The Kier molecular flexibility index (Phi) is 2.94. The highest BCUT2D eigenvalue weighted by atomic mass is 16.5. The van der Waals surface area contributed by atoms with Gasteiger partial charge in [-0.25, -0.2) is 4.79 Å². The fourth-order valence-corrected chi connectivity index (χ4v) is 2.56. The van der Waals surface area contributed by atoms with Crippen molar-refractivity contribution in [1.29, 1.82) is 0 Å². The lowest BCUT2D eigenvalue weighted by atomic mass is 9.95. The second-order valence-electron chi connectivity index (χ2n) is 5.03. The number of ether oxygens (including phenoxy) is 1. The Morgan fingerprint density at radius 2 is 1.62 bits per heavy atom. The van der Waals surface area contributed by atoms with Gasteiger partial charge in [0.05, 0.1) is 12.7 Å². The summed E-state index contributed by atoms with van der Waals surface area (Å²) in [6.45, 7) is 1.97. The number of aromatic hydroxyl groups is 2. The molecule has 0 aromatic heterocycles. The predicted octanol–water partition coefficient (Wildman–Crippen LogP) is 3.50. The van der Waals surface area contributed by atoms with Gasteiger partial charge in [0.2, 0.25) is 0 Å². The standard InChI is InChI=1S/C17H14O4/c1-9-3-4-10-6-14(17(20)21-2)13-8-16(19)15(18)7-12(13)11(10)5-9/h3-8,18-19H,1-2H3. The van der Waals surface area contributed by atoms with Crippen LogP contribution in [-0.4, -0.2) is 23.3 Å². The summed E-state index contributed by atoms with van der Waals surface area (Å²) < 4.78 is 4.80. The number of methoxy groups -OCH3 is 1. The van der Waals surface area contributed by atoms with Crippen LogP contribution < -0.4 is 0 Å². The fourth-order valence-electron chi connectivity index (χ4n) is 2.56. The van der Waals surface area contributed by atoms with Gasteiger partial charge in [-0.15, -0.1) is 0 Å². The molecule has 2 N–H and O–H groups in total. The zero-order chi connectivity index (χ0) is 15.1. The van der Waals surface area contributed by atoms with E-state index in [2.05, 4.69) is 0 Å². The van der Waals surface area contributed by atoms with Crippen molar-refractivity contribution in [2.75, 3.05) is 7.11 Å². The third-order valence-corrected chi connectivity index (χ3v) is 3.61. The van der Waals surface area contributed by atoms with Crippen LogP contribution in [-0.2, 0) is 4.74 Å². The van der Waals surface area contributed by atoms with Gasteiger partial charge in [-0.2, -0.15) is 0 Å². The van der Waals surface area contributed by atoms with Crippen molar-refractivity contribution in [2.24, 2.45) is 0 Å². The first-order valence-electron chi connectivity index (χ1n) is 6.48. The molecule has 4 heteroatoms. The van der Waals surface area contributed by atoms with E-state index in [1.807, 2.05) is 25.1 Å². The molecular weight excluding hydrogens is 268 g/mol. The summed E-state index contributed by atoms with van der Waals surface area (Å²) in [5.41, 5.74) is 1.43. The molecule has 0 aliphatic carbocycles. The maximum atomic E-state index is 12.0. The summed E-state index contributed by atoms with van der Waals surface area (Å²) in [6.07, 6.45) is 0. The lowest BCUT2D eigenvalue weighted by molar-refractivity contribution is 0.0603. The van der Waals surface area contributed by atoms with Crippen LogP contribution in [0.3, 0.4) is 0 Å². The van der Waals surface area contributed by atoms with Gasteiger partial charge < -0.3 is 14.9 Å². The highest BCUT2D eigenvalue weighted by Gasteiger charge is 2.16. The zero-order valence-corrected chi connectivity index (χ0v) is 11.7. The molecular formula is C17H14O4. The Morgan fingerprint density at radius 3 is 2.29 bits per heavy atom. The van der Waals surface area contributed by atoms with Crippen molar-refractivity contribution in [3.8, 4) is 11.5 Å². The Hall–Kier alpha value is -2.75. The number of esters is 1. The zero-order valence-electron chi connectivity index (χ0n) is 11.7. The number of rotatable bonds is 1. The second kappa shape index (κ2) is 4.66. The van der Waals surface area contributed by atoms with Gasteiger partial charge in [0.1, 0.15) is 0 Å². The number of phenols is 2. The number of hydrogen-bond acceptors (Lipinski definition) is 4. The number of carbonyl (C=O) groups excluding carboxylic acids is 1. The third kappa shape index (κ3) is 2.05. The monoisotopic (exact) mass is 282 g/mol. The number of aryl methyl sites for hydroxylation is 1. The lowest BCUT2D eigenvalue weighted by Crippen LogP contribution is -2.02. The smallest absolute Gasteiger partial charge is 0.338 e. The Balaban J connectivity index is 2.54. The predicted molar refractivity (Wildman–Crippen MR) is 80.9 cm³/mol. The van der Waals surface area contributed by atoms with Gasteiger partial charge in [-0.1, -0.05) is 23.8 Å². The molecule has 0 aliphatic heterocycles. The van der Waals surface area contributed by atoms with E-state index in [1.165, 1.54) is 19.2 Å². The number of hydrogen-bond donors (Lipinski definition) is 2. The van der Waals surface area contributed by atoms with Crippen LogP contribution in [0.2, 0.25) is 0 Å². The maximum absolute atomic E-state index is 12.0. The number of benzene rings is 3. The molecule has 3 aromatic rings. The first kappa shape index (κ1) is 13.2. The summed E-state index contributed by atoms with van der Waals surface area (Å²) >= 11 is 0. The largest absolute Gasteiger partial charge is 0.504 e. The molecule has 0 heterocycles. The lowest BCUT2D eigenvalue weighted by Gasteiger charge is -2.11. The molecule has 0 saturated heterocycles.